The van der Waals surface area contributed by atoms with Crippen LogP contribution in [0.15, 0.2) is 156 Å². The van der Waals surface area contributed by atoms with Crippen molar-refractivity contribution in [3.63, 3.8) is 0 Å². The number of para-hydroxylation sites is 4. The Morgan fingerprint density at radius 3 is 1.53 bits per heavy atom. The minimum Gasteiger partial charge on any atom is -0.455 e. The summed E-state index contributed by atoms with van der Waals surface area (Å²) in [6.45, 7) is 7.22. The molecule has 10 rings (SSSR count). The van der Waals surface area contributed by atoms with Gasteiger partial charge in [0.1, 0.15) is 11.2 Å². The molecule has 0 fully saturated rings. The lowest BCUT2D eigenvalue weighted by Crippen LogP contribution is -2.37. The van der Waals surface area contributed by atoms with Gasteiger partial charge in [0, 0.05) is 49.3 Å². The fourth-order valence-corrected chi connectivity index (χ4v) is 9.03. The Kier molecular flexibility index (Phi) is 5.94. The molecule has 0 radical (unpaired) electrons. The molecule has 3 nitrogen and oxygen atoms in total. The number of benzene rings is 7. The molecule has 0 saturated heterocycles. The topological polar surface area (TPSA) is 23.0 Å². The molecule has 0 spiro atoms. The third-order valence-corrected chi connectivity index (χ3v) is 12.4. The first-order chi connectivity index (χ1) is 23.9. The Morgan fingerprint density at radius 2 is 0.939 bits per heavy atom. The number of hydrogen-bond acceptors (Lipinski definition) is 1. The van der Waals surface area contributed by atoms with Gasteiger partial charge in [-0.05, 0) is 60.2 Å². The maximum absolute atomic E-state index is 6.38. The van der Waals surface area contributed by atoms with E-state index in [1.54, 1.807) is 0 Å². The number of fused-ring (bicyclic) bond motifs is 9. The molecule has 0 aliphatic carbocycles. The fourth-order valence-electron chi connectivity index (χ4n) is 7.86. The first-order valence-electron chi connectivity index (χ1n) is 17.0. The van der Waals surface area contributed by atoms with Gasteiger partial charge in [-0.3, -0.25) is 0 Å². The second-order valence-electron chi connectivity index (χ2n) is 14.2. The summed E-state index contributed by atoms with van der Waals surface area (Å²) in [5.74, 6) is 0. The highest BCUT2D eigenvalue weighted by molar-refractivity contribution is 6.88. The monoisotopic (exact) mass is 646 g/mol. The Labute approximate surface area is 285 Å². The van der Waals surface area contributed by atoms with Crippen molar-refractivity contribution in [1.29, 1.82) is 0 Å². The second-order valence-corrected chi connectivity index (χ2v) is 19.3. The van der Waals surface area contributed by atoms with Crippen LogP contribution < -0.4 is 5.19 Å². The highest BCUT2D eigenvalue weighted by Crippen LogP contribution is 2.40. The molecule has 234 valence electrons. The quantitative estimate of drug-likeness (QED) is 0.175. The molecule has 10 aromatic rings. The van der Waals surface area contributed by atoms with Crippen molar-refractivity contribution in [2.45, 2.75) is 19.6 Å². The number of aromatic nitrogens is 2. The molecule has 49 heavy (non-hydrogen) atoms. The maximum Gasteiger partial charge on any atom is 0.143 e. The highest BCUT2D eigenvalue weighted by atomic mass is 28.3. The van der Waals surface area contributed by atoms with Gasteiger partial charge in [0.15, 0.2) is 0 Å². The molecule has 0 amide bonds. The molecule has 0 unspecified atom stereocenters. The van der Waals surface area contributed by atoms with Crippen molar-refractivity contribution in [3.8, 4) is 22.5 Å². The summed E-state index contributed by atoms with van der Waals surface area (Å²) in [7, 11) is -1.40. The van der Waals surface area contributed by atoms with Gasteiger partial charge in [0.05, 0.1) is 30.1 Å². The van der Waals surface area contributed by atoms with Crippen molar-refractivity contribution in [2.75, 3.05) is 0 Å². The summed E-state index contributed by atoms with van der Waals surface area (Å²) < 4.78 is 11.2. The first kappa shape index (κ1) is 28.2. The van der Waals surface area contributed by atoms with E-state index >= 15 is 0 Å². The van der Waals surface area contributed by atoms with E-state index in [1.807, 2.05) is 12.1 Å². The summed E-state index contributed by atoms with van der Waals surface area (Å²) in [6.07, 6.45) is 0. The van der Waals surface area contributed by atoms with Crippen LogP contribution in [0.5, 0.6) is 0 Å². The number of nitrogens with zero attached hydrogens (tertiary/aromatic N) is 2. The Morgan fingerprint density at radius 1 is 0.429 bits per heavy atom. The zero-order valence-electron chi connectivity index (χ0n) is 27.7. The minimum absolute atomic E-state index is 0.920. The van der Waals surface area contributed by atoms with Gasteiger partial charge in [-0.2, -0.15) is 0 Å². The van der Waals surface area contributed by atoms with Gasteiger partial charge in [0.2, 0.25) is 0 Å². The van der Waals surface area contributed by atoms with Gasteiger partial charge in [-0.25, -0.2) is 0 Å². The van der Waals surface area contributed by atoms with E-state index in [1.165, 1.54) is 54.5 Å². The van der Waals surface area contributed by atoms with Gasteiger partial charge < -0.3 is 13.6 Å². The number of hydrogen-bond donors (Lipinski definition) is 0. The van der Waals surface area contributed by atoms with E-state index < -0.39 is 8.07 Å². The van der Waals surface area contributed by atoms with Gasteiger partial charge in [-0.15, -0.1) is 0 Å². The number of furan rings is 1. The van der Waals surface area contributed by atoms with Crippen molar-refractivity contribution in [1.82, 2.24) is 9.13 Å². The number of rotatable bonds is 4. The van der Waals surface area contributed by atoms with Gasteiger partial charge in [0.25, 0.3) is 0 Å². The summed E-state index contributed by atoms with van der Waals surface area (Å²) in [6, 6.07) is 55.4. The van der Waals surface area contributed by atoms with E-state index in [2.05, 4.69) is 168 Å². The Balaban J connectivity index is 1.18. The maximum atomic E-state index is 6.38. The molecule has 3 heterocycles. The SMILES string of the molecule is C[Si](C)(C)c1ccc(-n2c3ccccc3c3cc4c(cc32)c2ccccc2n4-c2ccc(-c3cccc4c3oc3ccccc34)cc2)cc1. The molecule has 0 aliphatic heterocycles. The summed E-state index contributed by atoms with van der Waals surface area (Å²) in [4.78, 5) is 0. The van der Waals surface area contributed by atoms with Gasteiger partial charge >= 0.3 is 0 Å². The summed E-state index contributed by atoms with van der Waals surface area (Å²) in [5, 5.41) is 8.80. The van der Waals surface area contributed by atoms with Crippen LogP contribution in [-0.4, -0.2) is 17.2 Å². The molecule has 7 aromatic carbocycles. The third-order valence-electron chi connectivity index (χ3n) is 10.3. The van der Waals surface area contributed by atoms with Crippen LogP contribution in [0.3, 0.4) is 0 Å². The standard InChI is InChI=1S/C45H34N2OSi/c1-49(2,3)32-25-23-31(24-26-32)47-41-17-8-5-12-35(41)39-27-42-38(28-43(39)47)34-11-4-7-16-40(34)46(42)30-21-19-29(20-22-30)33-14-10-15-37-36-13-6-9-18-44(36)48-45(33)37/h4-28H,1-3H3. The van der Waals surface area contributed by atoms with Crippen LogP contribution >= 0.6 is 0 Å². The van der Waals surface area contributed by atoms with Crippen LogP contribution in [-0.2, 0) is 0 Å². The third kappa shape index (κ3) is 4.20. The zero-order valence-corrected chi connectivity index (χ0v) is 28.7. The lowest BCUT2D eigenvalue weighted by atomic mass is 10.0. The first-order valence-corrected chi connectivity index (χ1v) is 20.5. The van der Waals surface area contributed by atoms with Crippen LogP contribution in [0.4, 0.5) is 0 Å². The van der Waals surface area contributed by atoms with E-state index in [-0.39, 0.29) is 0 Å². The predicted octanol–water partition coefficient (Wildman–Crippen LogP) is 12.0. The minimum atomic E-state index is -1.40. The van der Waals surface area contributed by atoms with Crippen molar-refractivity contribution < 1.29 is 4.42 Å². The molecule has 3 aromatic heterocycles. The molecule has 0 N–H and O–H groups in total. The van der Waals surface area contributed by atoms with Crippen LogP contribution in [0.25, 0.3) is 88.1 Å². The molecular formula is C45H34N2OSi. The van der Waals surface area contributed by atoms with Gasteiger partial charge in [-0.1, -0.05) is 122 Å². The predicted molar refractivity (Wildman–Crippen MR) is 211 cm³/mol. The largest absolute Gasteiger partial charge is 0.455 e. The fraction of sp³-hybridized carbons (Fsp3) is 0.0667. The highest BCUT2D eigenvalue weighted by Gasteiger charge is 2.20. The molecule has 4 heteroatoms. The van der Waals surface area contributed by atoms with E-state index in [0.29, 0.717) is 0 Å². The van der Waals surface area contributed by atoms with Crippen molar-refractivity contribution in [2.24, 2.45) is 0 Å². The summed E-state index contributed by atoms with van der Waals surface area (Å²) in [5.41, 5.74) is 11.3. The zero-order chi connectivity index (χ0) is 32.9. The average Bonchev–Trinajstić information content (AvgIpc) is 3.78. The smallest absolute Gasteiger partial charge is 0.143 e. The van der Waals surface area contributed by atoms with Crippen molar-refractivity contribution in [3.05, 3.63) is 152 Å². The molecule has 0 saturated carbocycles. The average molecular weight is 647 g/mol. The van der Waals surface area contributed by atoms with Crippen LogP contribution in [0, 0.1) is 0 Å². The van der Waals surface area contributed by atoms with E-state index in [4.69, 9.17) is 4.42 Å². The Hall–Kier alpha value is -5.84. The summed E-state index contributed by atoms with van der Waals surface area (Å²) >= 11 is 0. The normalized spacial score (nSPS) is 12.4. The van der Waals surface area contributed by atoms with Crippen LogP contribution in [0.2, 0.25) is 19.6 Å². The van der Waals surface area contributed by atoms with E-state index in [0.717, 1.165) is 38.8 Å². The Bertz CT molecular complexity index is 2900. The molecule has 0 bridgehead atoms. The second kappa shape index (κ2) is 10.3. The molecular weight excluding hydrogens is 613 g/mol. The molecule has 0 atom stereocenters. The lowest BCUT2D eigenvalue weighted by Gasteiger charge is -2.17. The van der Waals surface area contributed by atoms with Crippen molar-refractivity contribution >= 4 is 78.8 Å². The molecule has 0 aliphatic rings. The lowest BCUT2D eigenvalue weighted by molar-refractivity contribution is 0.670. The van der Waals surface area contributed by atoms with E-state index in [9.17, 15) is 0 Å². The van der Waals surface area contributed by atoms with Crippen LogP contribution in [0.1, 0.15) is 0 Å².